The molecule has 1 aromatic heterocycles. The van der Waals surface area contributed by atoms with E-state index < -0.39 is 0 Å². The van der Waals surface area contributed by atoms with Crippen molar-refractivity contribution in [2.75, 3.05) is 0 Å². The highest BCUT2D eigenvalue weighted by Crippen LogP contribution is 2.11. The van der Waals surface area contributed by atoms with Crippen LogP contribution in [0.3, 0.4) is 0 Å². The molecule has 15 heavy (non-hydrogen) atoms. The lowest BCUT2D eigenvalue weighted by Gasteiger charge is -2.07. The third-order valence-electron chi connectivity index (χ3n) is 3.05. The van der Waals surface area contributed by atoms with Gasteiger partial charge < -0.3 is 0 Å². The first-order valence-electron chi connectivity index (χ1n) is 6.38. The molecule has 2 heteroatoms. The minimum atomic E-state index is 0.641. The van der Waals surface area contributed by atoms with E-state index in [4.69, 9.17) is 0 Å². The summed E-state index contributed by atoms with van der Waals surface area (Å²) < 4.78 is 2.26. The summed E-state index contributed by atoms with van der Waals surface area (Å²) in [4.78, 5) is 3.09. The zero-order valence-corrected chi connectivity index (χ0v) is 10.2. The summed E-state index contributed by atoms with van der Waals surface area (Å²) in [6, 6.07) is 0.641. The molecular weight excluding hydrogens is 184 g/mol. The Hall–Kier alpha value is -0.790. The Morgan fingerprint density at radius 3 is 2.53 bits per heavy atom. The average molecular weight is 209 g/mol. The van der Waals surface area contributed by atoms with E-state index in [2.05, 4.69) is 29.6 Å². The third kappa shape index (κ3) is 5.01. The molecule has 1 heterocycles. The largest absolute Gasteiger partial charge is 0.250 e. The van der Waals surface area contributed by atoms with Crippen LogP contribution in [-0.4, -0.2) is 4.98 Å². The number of hydrogen-bond acceptors (Lipinski definition) is 0. The van der Waals surface area contributed by atoms with Crippen molar-refractivity contribution in [2.45, 2.75) is 64.8 Å². The number of aromatic amines is 1. The quantitative estimate of drug-likeness (QED) is 0.498. The van der Waals surface area contributed by atoms with Crippen LogP contribution < -0.4 is 4.57 Å². The van der Waals surface area contributed by atoms with Crippen molar-refractivity contribution >= 4 is 0 Å². The Balaban J connectivity index is 2.00. The molecule has 1 unspecified atom stereocenters. The lowest BCUT2D eigenvalue weighted by molar-refractivity contribution is -0.719. The molecule has 0 saturated carbocycles. The minimum Gasteiger partial charge on any atom is -0.250 e. The highest BCUT2D eigenvalue weighted by Gasteiger charge is 2.07. The summed E-state index contributed by atoms with van der Waals surface area (Å²) in [6.45, 7) is 4.56. The Labute approximate surface area is 93.7 Å². The molecule has 1 rings (SSSR count). The van der Waals surface area contributed by atoms with E-state index in [9.17, 15) is 0 Å². The van der Waals surface area contributed by atoms with Gasteiger partial charge in [-0.1, -0.05) is 39.0 Å². The van der Waals surface area contributed by atoms with E-state index in [1.165, 1.54) is 44.9 Å². The Kier molecular flexibility index (Phi) is 6.14. The van der Waals surface area contributed by atoms with Crippen LogP contribution in [0.1, 0.15) is 64.8 Å². The fourth-order valence-corrected chi connectivity index (χ4v) is 1.94. The highest BCUT2D eigenvalue weighted by atomic mass is 15.0. The molecule has 0 aliphatic rings. The molecule has 1 N–H and O–H groups in total. The predicted molar refractivity (Wildman–Crippen MR) is 63.7 cm³/mol. The van der Waals surface area contributed by atoms with Crippen LogP contribution in [0.4, 0.5) is 0 Å². The summed E-state index contributed by atoms with van der Waals surface area (Å²) in [6.07, 6.45) is 15.8. The smallest absolute Gasteiger partial charge is 0.241 e. The first-order chi connectivity index (χ1) is 7.34. The van der Waals surface area contributed by atoms with E-state index in [1.54, 1.807) is 0 Å². The molecule has 1 aromatic rings. The number of unbranched alkanes of at least 4 members (excludes halogenated alkanes) is 5. The van der Waals surface area contributed by atoms with Crippen molar-refractivity contribution in [3.8, 4) is 0 Å². The number of nitrogens with zero attached hydrogens (tertiary/aromatic N) is 1. The zero-order valence-electron chi connectivity index (χ0n) is 10.2. The second-order valence-electron chi connectivity index (χ2n) is 4.46. The van der Waals surface area contributed by atoms with Gasteiger partial charge in [0.1, 0.15) is 12.4 Å². The van der Waals surface area contributed by atoms with Gasteiger partial charge in [-0.25, -0.2) is 4.57 Å². The number of H-pyrrole nitrogens is 1. The number of nitrogens with one attached hydrogen (secondary N) is 1. The van der Waals surface area contributed by atoms with Gasteiger partial charge in [0.05, 0.1) is 6.04 Å². The molecule has 0 aliphatic heterocycles. The SMILES string of the molecule is CCCCCCCCC(C)[n+]1cc[nH]c1. The molecule has 86 valence electrons. The summed E-state index contributed by atoms with van der Waals surface area (Å²) in [5.74, 6) is 0. The van der Waals surface area contributed by atoms with E-state index in [0.717, 1.165) is 0 Å². The van der Waals surface area contributed by atoms with Gasteiger partial charge in [0.25, 0.3) is 0 Å². The van der Waals surface area contributed by atoms with Gasteiger partial charge in [0, 0.05) is 0 Å². The molecule has 1 atom stereocenters. The topological polar surface area (TPSA) is 19.7 Å². The molecule has 0 aliphatic carbocycles. The first-order valence-corrected chi connectivity index (χ1v) is 6.38. The summed E-state index contributed by atoms with van der Waals surface area (Å²) in [7, 11) is 0. The van der Waals surface area contributed by atoms with Gasteiger partial charge in [-0.2, -0.15) is 0 Å². The maximum absolute atomic E-state index is 3.09. The molecule has 0 radical (unpaired) electrons. The molecular formula is C13H25N2+. The number of hydrogen-bond donors (Lipinski definition) is 1. The standard InChI is InChI=1S/C13H24N2/c1-3-4-5-6-7-8-9-13(2)15-11-10-14-12-15/h10-13H,3-9H2,1-2H3/p+1. The number of aromatic nitrogens is 2. The third-order valence-corrected chi connectivity index (χ3v) is 3.05. The molecule has 0 bridgehead atoms. The Morgan fingerprint density at radius 2 is 1.87 bits per heavy atom. The molecule has 0 saturated heterocycles. The van der Waals surface area contributed by atoms with Crippen molar-refractivity contribution in [1.82, 2.24) is 4.98 Å². The van der Waals surface area contributed by atoms with Crippen LogP contribution >= 0.6 is 0 Å². The maximum atomic E-state index is 3.09. The molecule has 0 fully saturated rings. The Bertz CT molecular complexity index is 229. The lowest BCUT2D eigenvalue weighted by atomic mass is 10.1. The van der Waals surface area contributed by atoms with E-state index >= 15 is 0 Å². The van der Waals surface area contributed by atoms with Gasteiger partial charge in [-0.05, 0) is 19.8 Å². The van der Waals surface area contributed by atoms with Gasteiger partial charge >= 0.3 is 0 Å². The maximum Gasteiger partial charge on any atom is 0.241 e. The van der Waals surface area contributed by atoms with E-state index in [0.29, 0.717) is 6.04 Å². The summed E-state index contributed by atoms with van der Waals surface area (Å²) in [5, 5.41) is 0. The Morgan fingerprint density at radius 1 is 1.13 bits per heavy atom. The van der Waals surface area contributed by atoms with Crippen molar-refractivity contribution in [2.24, 2.45) is 0 Å². The molecule has 0 amide bonds. The average Bonchev–Trinajstić information content (AvgIpc) is 2.76. The molecule has 0 spiro atoms. The van der Waals surface area contributed by atoms with Gasteiger partial charge in [-0.3, -0.25) is 4.98 Å². The number of imidazole rings is 1. The van der Waals surface area contributed by atoms with Crippen molar-refractivity contribution in [1.29, 1.82) is 0 Å². The van der Waals surface area contributed by atoms with Crippen LogP contribution in [0.15, 0.2) is 18.7 Å². The van der Waals surface area contributed by atoms with Crippen LogP contribution in [0, 0.1) is 0 Å². The minimum absolute atomic E-state index is 0.641. The normalized spacial score (nSPS) is 12.9. The van der Waals surface area contributed by atoms with Crippen molar-refractivity contribution in [3.05, 3.63) is 18.7 Å². The van der Waals surface area contributed by atoms with Gasteiger partial charge in [0.15, 0.2) is 0 Å². The zero-order chi connectivity index (χ0) is 10.9. The van der Waals surface area contributed by atoms with Gasteiger partial charge in [-0.15, -0.1) is 0 Å². The molecule has 0 aromatic carbocycles. The number of rotatable bonds is 8. The summed E-state index contributed by atoms with van der Waals surface area (Å²) >= 11 is 0. The summed E-state index contributed by atoms with van der Waals surface area (Å²) in [5.41, 5.74) is 0. The second kappa shape index (κ2) is 7.49. The van der Waals surface area contributed by atoms with Crippen LogP contribution in [-0.2, 0) is 0 Å². The highest BCUT2D eigenvalue weighted by molar-refractivity contribution is 4.58. The fraction of sp³-hybridized carbons (Fsp3) is 0.769. The first kappa shape index (κ1) is 12.3. The monoisotopic (exact) mass is 209 g/mol. The van der Waals surface area contributed by atoms with E-state index in [-0.39, 0.29) is 0 Å². The lowest BCUT2D eigenvalue weighted by Crippen LogP contribution is -2.34. The fourth-order valence-electron chi connectivity index (χ4n) is 1.94. The van der Waals surface area contributed by atoms with E-state index in [1.807, 2.05) is 12.5 Å². The van der Waals surface area contributed by atoms with Crippen LogP contribution in [0.5, 0.6) is 0 Å². The van der Waals surface area contributed by atoms with Crippen molar-refractivity contribution < 1.29 is 4.57 Å². The molecule has 2 nitrogen and oxygen atoms in total. The van der Waals surface area contributed by atoms with Crippen LogP contribution in [0.25, 0.3) is 0 Å². The van der Waals surface area contributed by atoms with Crippen molar-refractivity contribution in [3.63, 3.8) is 0 Å². The van der Waals surface area contributed by atoms with Gasteiger partial charge in [0.2, 0.25) is 6.33 Å². The predicted octanol–water partition coefficient (Wildman–Crippen LogP) is 3.61. The second-order valence-corrected chi connectivity index (χ2v) is 4.46. The van der Waals surface area contributed by atoms with Crippen LogP contribution in [0.2, 0.25) is 0 Å².